The fourth-order valence-corrected chi connectivity index (χ4v) is 2.66. The van der Waals surface area contributed by atoms with E-state index in [0.29, 0.717) is 16.5 Å². The maximum atomic E-state index is 11.2. The van der Waals surface area contributed by atoms with E-state index in [1.807, 2.05) is 0 Å². The first-order valence-corrected chi connectivity index (χ1v) is 5.26. The van der Waals surface area contributed by atoms with Crippen LogP contribution in [-0.2, 0) is 4.74 Å². The quantitative estimate of drug-likeness (QED) is 0.770. The lowest BCUT2D eigenvalue weighted by atomic mass is 10.3. The Kier molecular flexibility index (Phi) is 3.55. The van der Waals surface area contributed by atoms with E-state index < -0.39 is 0 Å². The third-order valence-electron chi connectivity index (χ3n) is 1.15. The molecule has 0 aliphatic rings. The third-order valence-corrected chi connectivity index (χ3v) is 3.01. The predicted molar refractivity (Wildman–Crippen MR) is 53.0 cm³/mol. The van der Waals surface area contributed by atoms with Gasteiger partial charge in [0.15, 0.2) is 0 Å². The molecular weight excluding hydrogens is 263 g/mol. The Labute approximate surface area is 87.6 Å². The summed E-state index contributed by atoms with van der Waals surface area (Å²) < 4.78 is 6.07. The highest BCUT2D eigenvalue weighted by Gasteiger charge is 2.14. The van der Waals surface area contributed by atoms with Crippen LogP contribution in [0.3, 0.4) is 0 Å². The normalized spacial score (nSPS) is 9.92. The van der Waals surface area contributed by atoms with Crippen LogP contribution in [0.1, 0.15) is 17.3 Å². The second-order valence-electron chi connectivity index (χ2n) is 1.96. The van der Waals surface area contributed by atoms with Gasteiger partial charge in [-0.2, -0.15) is 0 Å². The van der Waals surface area contributed by atoms with Gasteiger partial charge in [0.25, 0.3) is 0 Å². The number of thiophene rings is 1. The van der Waals surface area contributed by atoms with Crippen LogP contribution < -0.4 is 0 Å². The van der Waals surface area contributed by atoms with E-state index >= 15 is 0 Å². The molecular formula is C7H6BrClO2S. The highest BCUT2D eigenvalue weighted by molar-refractivity contribution is 9.11. The van der Waals surface area contributed by atoms with Crippen molar-refractivity contribution in [3.8, 4) is 0 Å². The second-order valence-corrected chi connectivity index (χ2v) is 4.99. The van der Waals surface area contributed by atoms with Gasteiger partial charge in [-0.25, -0.2) is 4.79 Å². The molecule has 0 N–H and O–H groups in total. The summed E-state index contributed by atoms with van der Waals surface area (Å²) >= 11 is 10.3. The van der Waals surface area contributed by atoms with E-state index in [4.69, 9.17) is 16.3 Å². The molecule has 0 unspecified atom stereocenters. The summed E-state index contributed by atoms with van der Waals surface area (Å²) in [6.07, 6.45) is 0. The molecule has 12 heavy (non-hydrogen) atoms. The smallest absolute Gasteiger partial charge is 0.340 e. The van der Waals surface area contributed by atoms with Crippen LogP contribution in [0, 0.1) is 0 Å². The Morgan fingerprint density at radius 3 is 2.92 bits per heavy atom. The highest BCUT2D eigenvalue weighted by Crippen LogP contribution is 2.31. The number of carbonyl (C=O) groups excluding carboxylic acids is 1. The number of hydrogen-bond donors (Lipinski definition) is 0. The highest BCUT2D eigenvalue weighted by atomic mass is 79.9. The molecule has 1 aromatic rings. The van der Waals surface area contributed by atoms with E-state index in [-0.39, 0.29) is 5.97 Å². The number of halogens is 2. The zero-order valence-corrected chi connectivity index (χ0v) is 9.42. The summed E-state index contributed by atoms with van der Waals surface area (Å²) in [6, 6.07) is 1.66. The fourth-order valence-electron chi connectivity index (χ4n) is 0.688. The van der Waals surface area contributed by atoms with Crippen LogP contribution in [-0.4, -0.2) is 12.6 Å². The predicted octanol–water partition coefficient (Wildman–Crippen LogP) is 3.34. The monoisotopic (exact) mass is 268 g/mol. The Balaban J connectivity index is 2.87. The Morgan fingerprint density at radius 2 is 2.50 bits per heavy atom. The summed E-state index contributed by atoms with van der Waals surface area (Å²) in [5.74, 6) is -0.371. The standard InChI is InChI=1S/C7H6BrClO2S/c1-2-11-7(10)4-3-5(8)12-6(4)9/h3H,2H2,1H3. The molecule has 0 radical (unpaired) electrons. The van der Waals surface area contributed by atoms with Gasteiger partial charge in [-0.3, -0.25) is 0 Å². The van der Waals surface area contributed by atoms with Crippen molar-refractivity contribution in [1.82, 2.24) is 0 Å². The molecule has 0 saturated carbocycles. The molecule has 0 saturated heterocycles. The zero-order chi connectivity index (χ0) is 9.14. The molecule has 1 rings (SSSR count). The summed E-state index contributed by atoms with van der Waals surface area (Å²) in [6.45, 7) is 2.12. The molecule has 66 valence electrons. The third kappa shape index (κ3) is 2.21. The number of ether oxygens (including phenoxy) is 1. The average Bonchev–Trinajstić information content (AvgIpc) is 2.30. The van der Waals surface area contributed by atoms with Gasteiger partial charge in [-0.05, 0) is 28.9 Å². The van der Waals surface area contributed by atoms with Gasteiger partial charge in [0.1, 0.15) is 4.34 Å². The van der Waals surface area contributed by atoms with E-state index in [2.05, 4.69) is 15.9 Å². The van der Waals surface area contributed by atoms with Crippen LogP contribution in [0.2, 0.25) is 4.34 Å². The number of carbonyl (C=O) groups is 1. The topological polar surface area (TPSA) is 26.3 Å². The van der Waals surface area contributed by atoms with Crippen molar-refractivity contribution < 1.29 is 9.53 Å². The lowest BCUT2D eigenvalue weighted by Gasteiger charge is -1.97. The van der Waals surface area contributed by atoms with Gasteiger partial charge in [-0.1, -0.05) is 11.6 Å². The molecule has 0 aromatic carbocycles. The largest absolute Gasteiger partial charge is 0.462 e. The maximum absolute atomic E-state index is 11.2. The molecule has 0 bridgehead atoms. The Bertz CT molecular complexity index is 298. The fraction of sp³-hybridized carbons (Fsp3) is 0.286. The maximum Gasteiger partial charge on any atom is 0.340 e. The molecule has 1 aromatic heterocycles. The minimum atomic E-state index is -0.371. The molecule has 0 atom stereocenters. The number of rotatable bonds is 2. The Morgan fingerprint density at radius 1 is 1.83 bits per heavy atom. The van der Waals surface area contributed by atoms with E-state index in [0.717, 1.165) is 3.79 Å². The van der Waals surface area contributed by atoms with Crippen LogP contribution in [0.15, 0.2) is 9.85 Å². The van der Waals surface area contributed by atoms with Crippen molar-refractivity contribution in [2.45, 2.75) is 6.92 Å². The van der Waals surface area contributed by atoms with Crippen LogP contribution in [0.4, 0.5) is 0 Å². The van der Waals surface area contributed by atoms with Crippen LogP contribution >= 0.6 is 38.9 Å². The lowest BCUT2D eigenvalue weighted by Crippen LogP contribution is -2.03. The molecule has 5 heteroatoms. The number of hydrogen-bond acceptors (Lipinski definition) is 3. The molecule has 0 aliphatic carbocycles. The molecule has 0 spiro atoms. The minimum Gasteiger partial charge on any atom is -0.462 e. The van der Waals surface area contributed by atoms with Gasteiger partial charge in [-0.15, -0.1) is 11.3 Å². The van der Waals surface area contributed by atoms with Gasteiger partial charge >= 0.3 is 5.97 Å². The van der Waals surface area contributed by atoms with Crippen molar-refractivity contribution >= 4 is 44.8 Å². The van der Waals surface area contributed by atoms with Gasteiger partial charge < -0.3 is 4.74 Å². The Hall–Kier alpha value is -0.0600. The van der Waals surface area contributed by atoms with E-state index in [1.165, 1.54) is 11.3 Å². The van der Waals surface area contributed by atoms with Gasteiger partial charge in [0.2, 0.25) is 0 Å². The first-order chi connectivity index (χ1) is 5.65. The summed E-state index contributed by atoms with van der Waals surface area (Å²) in [5, 5.41) is 0. The van der Waals surface area contributed by atoms with Crippen molar-refractivity contribution in [3.05, 3.63) is 19.8 Å². The van der Waals surface area contributed by atoms with Gasteiger partial charge in [0.05, 0.1) is 16.0 Å². The minimum absolute atomic E-state index is 0.364. The van der Waals surface area contributed by atoms with Crippen molar-refractivity contribution in [1.29, 1.82) is 0 Å². The van der Waals surface area contributed by atoms with Crippen molar-refractivity contribution in [2.24, 2.45) is 0 Å². The van der Waals surface area contributed by atoms with E-state index in [9.17, 15) is 4.79 Å². The number of esters is 1. The first kappa shape index (κ1) is 10.0. The lowest BCUT2D eigenvalue weighted by molar-refractivity contribution is 0.0527. The SMILES string of the molecule is CCOC(=O)c1cc(Br)sc1Cl. The average molecular weight is 270 g/mol. The van der Waals surface area contributed by atoms with Crippen LogP contribution in [0.5, 0.6) is 0 Å². The summed E-state index contributed by atoms with van der Waals surface area (Å²) in [4.78, 5) is 11.2. The molecule has 0 aliphatic heterocycles. The molecule has 0 amide bonds. The van der Waals surface area contributed by atoms with Crippen molar-refractivity contribution in [3.63, 3.8) is 0 Å². The van der Waals surface area contributed by atoms with Gasteiger partial charge in [0, 0.05) is 0 Å². The molecule has 0 fully saturated rings. The van der Waals surface area contributed by atoms with Crippen LogP contribution in [0.25, 0.3) is 0 Å². The zero-order valence-electron chi connectivity index (χ0n) is 6.27. The summed E-state index contributed by atoms with van der Waals surface area (Å²) in [5.41, 5.74) is 0.426. The molecule has 2 nitrogen and oxygen atoms in total. The van der Waals surface area contributed by atoms with E-state index in [1.54, 1.807) is 13.0 Å². The first-order valence-electron chi connectivity index (χ1n) is 3.27. The van der Waals surface area contributed by atoms with Crippen molar-refractivity contribution in [2.75, 3.05) is 6.61 Å². The second kappa shape index (κ2) is 4.25. The molecule has 1 heterocycles. The summed E-state index contributed by atoms with van der Waals surface area (Å²) in [7, 11) is 0.